The van der Waals surface area contributed by atoms with Crippen molar-refractivity contribution in [1.29, 1.82) is 0 Å². The third kappa shape index (κ3) is 4.73. The number of amides is 2. The van der Waals surface area contributed by atoms with Gasteiger partial charge in [-0.3, -0.25) is 14.4 Å². The van der Waals surface area contributed by atoms with Crippen LogP contribution in [0.4, 0.5) is 15.8 Å². The average molecular weight is 384 g/mol. The summed E-state index contributed by atoms with van der Waals surface area (Å²) in [6.07, 6.45) is 0.955. The molecule has 2 amide bonds. The molecule has 0 radical (unpaired) electrons. The molecule has 2 aromatic carbocycles. The van der Waals surface area contributed by atoms with Gasteiger partial charge in [-0.2, -0.15) is 0 Å². The second-order valence-electron chi connectivity index (χ2n) is 6.59. The number of carbonyl (C=O) groups excluding carboxylic acids is 3. The number of benzene rings is 2. The van der Waals surface area contributed by atoms with Gasteiger partial charge in [-0.15, -0.1) is 0 Å². The molecule has 2 aromatic rings. The first-order valence-corrected chi connectivity index (χ1v) is 9.07. The second kappa shape index (κ2) is 8.65. The first-order valence-electron chi connectivity index (χ1n) is 9.07. The van der Waals surface area contributed by atoms with Gasteiger partial charge in [0.2, 0.25) is 5.91 Å². The highest BCUT2D eigenvalue weighted by molar-refractivity contribution is 6.00. The average Bonchev–Trinajstić information content (AvgIpc) is 3.10. The first kappa shape index (κ1) is 19.5. The van der Waals surface area contributed by atoms with Gasteiger partial charge in [0, 0.05) is 24.3 Å². The number of nitrogens with zero attached hydrogens (tertiary/aromatic N) is 1. The first-order chi connectivity index (χ1) is 13.5. The minimum atomic E-state index is -0.614. The van der Waals surface area contributed by atoms with Crippen molar-refractivity contribution in [3.8, 4) is 0 Å². The third-order valence-electron chi connectivity index (χ3n) is 4.59. The maximum absolute atomic E-state index is 12.9. The quantitative estimate of drug-likeness (QED) is 0.777. The largest absolute Gasteiger partial charge is 0.455 e. The van der Waals surface area contributed by atoms with Crippen LogP contribution in [-0.4, -0.2) is 30.9 Å². The van der Waals surface area contributed by atoms with Gasteiger partial charge in [0.15, 0.2) is 6.61 Å². The molecule has 1 aliphatic heterocycles. The summed E-state index contributed by atoms with van der Waals surface area (Å²) in [5.74, 6) is -2.30. The summed E-state index contributed by atoms with van der Waals surface area (Å²) in [5, 5.41) is 2.51. The third-order valence-corrected chi connectivity index (χ3v) is 4.59. The number of nitrogens with one attached hydrogen (secondary N) is 1. The number of hydrogen-bond acceptors (Lipinski definition) is 4. The van der Waals surface area contributed by atoms with Gasteiger partial charge in [-0.05, 0) is 48.4 Å². The number of aryl methyl sites for hydroxylation is 1. The standard InChI is InChI=1S/C21H21FN2O4/c1-2-14-3-9-18(10-4-14)24-12-15(11-20(24)26)21(27)28-13-19(25)23-17-7-5-16(22)6-8-17/h3-10,15H,2,11-13H2,1H3,(H,23,25)/t15-/m0/s1. The number of carbonyl (C=O) groups is 3. The Morgan fingerprint density at radius 2 is 1.82 bits per heavy atom. The van der Waals surface area contributed by atoms with Crippen LogP contribution in [-0.2, 0) is 25.5 Å². The molecular formula is C21H21FN2O4. The van der Waals surface area contributed by atoms with Crippen molar-refractivity contribution in [1.82, 2.24) is 0 Å². The minimum absolute atomic E-state index is 0.0495. The van der Waals surface area contributed by atoms with Gasteiger partial charge in [0.05, 0.1) is 5.92 Å². The van der Waals surface area contributed by atoms with Crippen LogP contribution in [0.25, 0.3) is 0 Å². The van der Waals surface area contributed by atoms with E-state index in [1.54, 1.807) is 4.90 Å². The minimum Gasteiger partial charge on any atom is -0.455 e. The Balaban J connectivity index is 1.51. The van der Waals surface area contributed by atoms with E-state index >= 15 is 0 Å². The van der Waals surface area contributed by atoms with Crippen molar-refractivity contribution in [2.24, 2.45) is 5.92 Å². The topological polar surface area (TPSA) is 75.7 Å². The Labute approximate surface area is 162 Å². The fourth-order valence-electron chi connectivity index (χ4n) is 3.01. The van der Waals surface area contributed by atoms with Gasteiger partial charge in [0.1, 0.15) is 5.82 Å². The molecule has 1 heterocycles. The molecule has 0 aliphatic carbocycles. The molecule has 0 saturated carbocycles. The summed E-state index contributed by atoms with van der Waals surface area (Å²) in [6.45, 7) is 1.81. The zero-order valence-electron chi connectivity index (χ0n) is 15.5. The summed E-state index contributed by atoms with van der Waals surface area (Å²) < 4.78 is 17.9. The molecule has 1 aliphatic rings. The van der Waals surface area contributed by atoms with Crippen LogP contribution in [0.1, 0.15) is 18.9 Å². The van der Waals surface area contributed by atoms with Gasteiger partial charge in [-0.25, -0.2) is 4.39 Å². The molecule has 0 unspecified atom stereocenters. The molecule has 28 heavy (non-hydrogen) atoms. The fourth-order valence-corrected chi connectivity index (χ4v) is 3.01. The lowest BCUT2D eigenvalue weighted by atomic mass is 10.1. The monoisotopic (exact) mass is 384 g/mol. The van der Waals surface area contributed by atoms with Crippen LogP contribution < -0.4 is 10.2 Å². The van der Waals surface area contributed by atoms with Crippen molar-refractivity contribution in [2.75, 3.05) is 23.4 Å². The van der Waals surface area contributed by atoms with Crippen LogP contribution in [0.3, 0.4) is 0 Å². The molecule has 0 bridgehead atoms. The van der Waals surface area contributed by atoms with Gasteiger partial charge >= 0.3 is 5.97 Å². The van der Waals surface area contributed by atoms with E-state index in [9.17, 15) is 18.8 Å². The molecule has 0 aromatic heterocycles. The summed E-state index contributed by atoms with van der Waals surface area (Å²) in [5.41, 5.74) is 2.31. The van der Waals surface area contributed by atoms with Gasteiger partial charge in [-0.1, -0.05) is 19.1 Å². The Morgan fingerprint density at radius 1 is 1.14 bits per heavy atom. The van der Waals surface area contributed by atoms with Gasteiger partial charge < -0.3 is 15.0 Å². The molecule has 3 rings (SSSR count). The summed E-state index contributed by atoms with van der Waals surface area (Å²) in [7, 11) is 0. The molecule has 0 spiro atoms. The second-order valence-corrected chi connectivity index (χ2v) is 6.59. The fraction of sp³-hybridized carbons (Fsp3) is 0.286. The SMILES string of the molecule is CCc1ccc(N2C[C@@H](C(=O)OCC(=O)Nc3ccc(F)cc3)CC2=O)cc1. The van der Waals surface area contributed by atoms with E-state index in [1.165, 1.54) is 29.8 Å². The Kier molecular flexibility index (Phi) is 6.03. The maximum Gasteiger partial charge on any atom is 0.311 e. The van der Waals surface area contributed by atoms with Crippen molar-refractivity contribution < 1.29 is 23.5 Å². The van der Waals surface area contributed by atoms with Crippen LogP contribution >= 0.6 is 0 Å². The number of hydrogen-bond donors (Lipinski definition) is 1. The van der Waals surface area contributed by atoms with Crippen molar-refractivity contribution in [2.45, 2.75) is 19.8 Å². The van der Waals surface area contributed by atoms with E-state index in [4.69, 9.17) is 4.74 Å². The van der Waals surface area contributed by atoms with E-state index in [1.807, 2.05) is 31.2 Å². The number of esters is 1. The summed E-state index contributed by atoms with van der Waals surface area (Å²) in [4.78, 5) is 37.9. The van der Waals surface area contributed by atoms with Crippen molar-refractivity contribution in [3.05, 3.63) is 59.9 Å². The smallest absolute Gasteiger partial charge is 0.311 e. The van der Waals surface area contributed by atoms with E-state index < -0.39 is 30.2 Å². The molecule has 1 atom stereocenters. The van der Waals surface area contributed by atoms with Crippen LogP contribution in [0.2, 0.25) is 0 Å². The maximum atomic E-state index is 12.9. The normalized spacial score (nSPS) is 16.1. The lowest BCUT2D eigenvalue weighted by Gasteiger charge is -2.17. The van der Waals surface area contributed by atoms with Crippen LogP contribution in [0.5, 0.6) is 0 Å². The van der Waals surface area contributed by atoms with Gasteiger partial charge in [0.25, 0.3) is 5.91 Å². The van der Waals surface area contributed by atoms with Crippen LogP contribution in [0, 0.1) is 11.7 Å². The predicted molar refractivity (Wildman–Crippen MR) is 102 cm³/mol. The molecule has 1 saturated heterocycles. The van der Waals surface area contributed by atoms with E-state index in [0.29, 0.717) is 5.69 Å². The number of ether oxygens (including phenoxy) is 1. The van der Waals surface area contributed by atoms with E-state index in [-0.39, 0.29) is 18.9 Å². The molecule has 146 valence electrons. The van der Waals surface area contributed by atoms with Crippen molar-refractivity contribution >= 4 is 29.2 Å². The highest BCUT2D eigenvalue weighted by atomic mass is 19.1. The number of anilines is 2. The highest BCUT2D eigenvalue weighted by Crippen LogP contribution is 2.26. The molecular weight excluding hydrogens is 363 g/mol. The predicted octanol–water partition coefficient (Wildman–Crippen LogP) is 2.92. The number of halogens is 1. The Morgan fingerprint density at radius 3 is 2.46 bits per heavy atom. The Bertz CT molecular complexity index is 865. The van der Waals surface area contributed by atoms with E-state index in [0.717, 1.165) is 12.1 Å². The zero-order chi connectivity index (χ0) is 20.1. The zero-order valence-corrected chi connectivity index (χ0v) is 15.5. The lowest BCUT2D eigenvalue weighted by Crippen LogP contribution is -2.28. The molecule has 6 nitrogen and oxygen atoms in total. The molecule has 7 heteroatoms. The van der Waals surface area contributed by atoms with E-state index in [2.05, 4.69) is 5.32 Å². The molecule has 1 fully saturated rings. The lowest BCUT2D eigenvalue weighted by molar-refractivity contribution is -0.151. The van der Waals surface area contributed by atoms with Crippen molar-refractivity contribution in [3.63, 3.8) is 0 Å². The summed E-state index contributed by atoms with van der Waals surface area (Å²) in [6, 6.07) is 12.9. The Hall–Kier alpha value is -3.22. The van der Waals surface area contributed by atoms with Crippen LogP contribution in [0.15, 0.2) is 48.5 Å². The molecule has 1 N–H and O–H groups in total. The highest BCUT2D eigenvalue weighted by Gasteiger charge is 2.36. The number of rotatable bonds is 6. The summed E-state index contributed by atoms with van der Waals surface area (Å²) >= 11 is 0.